The fourth-order valence-corrected chi connectivity index (χ4v) is 1.72. The van der Waals surface area contributed by atoms with Crippen LogP contribution >= 0.6 is 0 Å². The second-order valence-corrected chi connectivity index (χ2v) is 4.20. The van der Waals surface area contributed by atoms with Crippen molar-refractivity contribution >= 4 is 11.7 Å². The summed E-state index contributed by atoms with van der Waals surface area (Å²) in [6.45, 7) is 0.0833. The van der Waals surface area contributed by atoms with E-state index in [9.17, 15) is 9.90 Å². The zero-order valence-electron chi connectivity index (χ0n) is 11.0. The molecule has 0 unspecified atom stereocenters. The zero-order valence-corrected chi connectivity index (χ0v) is 11.0. The molecule has 2 aromatic carbocycles. The van der Waals surface area contributed by atoms with Gasteiger partial charge < -0.3 is 20.3 Å². The van der Waals surface area contributed by atoms with Crippen molar-refractivity contribution in [2.75, 3.05) is 12.8 Å². The highest BCUT2D eigenvalue weighted by atomic mass is 16.5. The molecule has 0 radical (unpaired) electrons. The average molecular weight is 273 g/mol. The summed E-state index contributed by atoms with van der Waals surface area (Å²) in [4.78, 5) is 11.9. The van der Waals surface area contributed by atoms with Crippen LogP contribution in [0.2, 0.25) is 0 Å². The molecule has 0 aliphatic heterocycles. The van der Waals surface area contributed by atoms with Crippen molar-refractivity contribution in [3.63, 3.8) is 0 Å². The predicted octanol–water partition coefficient (Wildman–Crippen LogP) is 2.34. The highest BCUT2D eigenvalue weighted by Crippen LogP contribution is 2.22. The summed E-state index contributed by atoms with van der Waals surface area (Å²) < 4.78 is 10.2. The molecule has 0 aromatic heterocycles. The third kappa shape index (κ3) is 3.20. The van der Waals surface area contributed by atoms with Gasteiger partial charge in [0.1, 0.15) is 18.1 Å². The van der Waals surface area contributed by atoms with Crippen LogP contribution in [0.4, 0.5) is 5.69 Å². The van der Waals surface area contributed by atoms with E-state index in [1.165, 1.54) is 19.2 Å². The van der Waals surface area contributed by atoms with Gasteiger partial charge in [-0.05, 0) is 35.9 Å². The Morgan fingerprint density at radius 1 is 1.25 bits per heavy atom. The number of rotatable bonds is 4. The topological polar surface area (TPSA) is 81.8 Å². The van der Waals surface area contributed by atoms with E-state index in [1.807, 2.05) is 0 Å². The van der Waals surface area contributed by atoms with Crippen LogP contribution in [-0.2, 0) is 11.3 Å². The number of nitrogens with two attached hydrogens (primary N) is 1. The first-order valence-electron chi connectivity index (χ1n) is 5.98. The van der Waals surface area contributed by atoms with Gasteiger partial charge in [-0.15, -0.1) is 0 Å². The highest BCUT2D eigenvalue weighted by molar-refractivity contribution is 5.90. The number of hydrogen-bond acceptors (Lipinski definition) is 5. The number of carbonyl (C=O) groups excluding carboxylic acids is 1. The number of phenols is 1. The van der Waals surface area contributed by atoms with Crippen molar-refractivity contribution in [3.8, 4) is 11.5 Å². The van der Waals surface area contributed by atoms with Crippen LogP contribution in [-0.4, -0.2) is 18.2 Å². The van der Waals surface area contributed by atoms with E-state index < -0.39 is 5.97 Å². The Morgan fingerprint density at radius 3 is 2.75 bits per heavy atom. The van der Waals surface area contributed by atoms with Crippen LogP contribution in [0.5, 0.6) is 11.5 Å². The summed E-state index contributed by atoms with van der Waals surface area (Å²) >= 11 is 0. The van der Waals surface area contributed by atoms with Crippen molar-refractivity contribution < 1.29 is 19.4 Å². The molecule has 0 heterocycles. The minimum atomic E-state index is -0.480. The van der Waals surface area contributed by atoms with E-state index in [4.69, 9.17) is 15.2 Å². The van der Waals surface area contributed by atoms with Gasteiger partial charge in [0.25, 0.3) is 0 Å². The Labute approximate surface area is 116 Å². The van der Waals surface area contributed by atoms with Crippen LogP contribution in [0.1, 0.15) is 15.9 Å². The molecule has 2 aromatic rings. The Hall–Kier alpha value is -2.69. The molecule has 0 atom stereocenters. The van der Waals surface area contributed by atoms with Crippen molar-refractivity contribution in [3.05, 3.63) is 53.6 Å². The number of methoxy groups -OCH3 is 1. The first-order valence-corrected chi connectivity index (χ1v) is 5.98. The molecule has 0 amide bonds. The maximum absolute atomic E-state index is 11.9. The number of ether oxygens (including phenoxy) is 2. The molecule has 5 nitrogen and oxygen atoms in total. The third-order valence-electron chi connectivity index (χ3n) is 2.75. The molecule has 2 rings (SSSR count). The summed E-state index contributed by atoms with van der Waals surface area (Å²) in [6.07, 6.45) is 0. The maximum atomic E-state index is 11.9. The Kier molecular flexibility index (Phi) is 4.10. The lowest BCUT2D eigenvalue weighted by Gasteiger charge is -2.08. The lowest BCUT2D eigenvalue weighted by molar-refractivity contribution is 0.0472. The van der Waals surface area contributed by atoms with Gasteiger partial charge in [-0.1, -0.05) is 12.1 Å². The van der Waals surface area contributed by atoms with Gasteiger partial charge in [0.05, 0.1) is 18.4 Å². The number of nitrogen functional groups attached to an aromatic ring is 1. The standard InChI is InChI=1S/C15H15NO4/c1-19-14-8-11(5-6-13(14)16)15(18)20-9-10-3-2-4-12(17)7-10/h2-8,17H,9,16H2,1H3. The molecule has 0 spiro atoms. The van der Waals surface area contributed by atoms with Crippen molar-refractivity contribution in [2.24, 2.45) is 0 Å². The van der Waals surface area contributed by atoms with Crippen LogP contribution in [0.25, 0.3) is 0 Å². The molecular formula is C15H15NO4. The molecule has 0 fully saturated rings. The minimum absolute atomic E-state index is 0.0833. The lowest BCUT2D eigenvalue weighted by Crippen LogP contribution is -2.06. The normalized spacial score (nSPS) is 10.1. The molecule has 0 saturated carbocycles. The van der Waals surface area contributed by atoms with Crippen LogP contribution in [0.3, 0.4) is 0 Å². The van der Waals surface area contributed by atoms with Gasteiger partial charge in [-0.25, -0.2) is 4.79 Å². The number of esters is 1. The van der Waals surface area contributed by atoms with Gasteiger partial charge >= 0.3 is 5.97 Å². The molecule has 0 aliphatic carbocycles. The summed E-state index contributed by atoms with van der Waals surface area (Å²) in [5, 5.41) is 9.32. The Balaban J connectivity index is 2.05. The maximum Gasteiger partial charge on any atom is 0.338 e. The average Bonchev–Trinajstić information content (AvgIpc) is 2.45. The van der Waals surface area contributed by atoms with Crippen molar-refractivity contribution in [2.45, 2.75) is 6.61 Å². The van der Waals surface area contributed by atoms with E-state index in [-0.39, 0.29) is 12.4 Å². The largest absolute Gasteiger partial charge is 0.508 e. The predicted molar refractivity (Wildman–Crippen MR) is 74.6 cm³/mol. The van der Waals surface area contributed by atoms with Gasteiger partial charge in [0.2, 0.25) is 0 Å². The molecule has 5 heteroatoms. The first-order chi connectivity index (χ1) is 9.60. The van der Waals surface area contributed by atoms with Crippen molar-refractivity contribution in [1.82, 2.24) is 0 Å². The zero-order chi connectivity index (χ0) is 14.5. The van der Waals surface area contributed by atoms with E-state index in [0.717, 1.165) is 0 Å². The summed E-state index contributed by atoms with van der Waals surface area (Å²) in [5.41, 5.74) is 7.20. The van der Waals surface area contributed by atoms with Gasteiger partial charge in [0.15, 0.2) is 0 Å². The number of aromatic hydroxyl groups is 1. The summed E-state index contributed by atoms with van der Waals surface area (Å²) in [6, 6.07) is 11.2. The molecular weight excluding hydrogens is 258 g/mol. The molecule has 3 N–H and O–H groups in total. The molecule has 20 heavy (non-hydrogen) atoms. The van der Waals surface area contributed by atoms with E-state index in [0.29, 0.717) is 22.6 Å². The van der Waals surface area contributed by atoms with Crippen molar-refractivity contribution in [1.29, 1.82) is 0 Å². The number of hydrogen-bond donors (Lipinski definition) is 2. The third-order valence-corrected chi connectivity index (χ3v) is 2.75. The minimum Gasteiger partial charge on any atom is -0.508 e. The number of benzene rings is 2. The number of carbonyl (C=O) groups is 1. The smallest absolute Gasteiger partial charge is 0.338 e. The van der Waals surface area contributed by atoms with Gasteiger partial charge in [-0.2, -0.15) is 0 Å². The fraction of sp³-hybridized carbons (Fsp3) is 0.133. The fourth-order valence-electron chi connectivity index (χ4n) is 1.72. The van der Waals surface area contributed by atoms with E-state index in [2.05, 4.69) is 0 Å². The molecule has 0 bridgehead atoms. The molecule has 0 aliphatic rings. The summed E-state index contributed by atoms with van der Waals surface area (Å²) in [7, 11) is 1.48. The second-order valence-electron chi connectivity index (χ2n) is 4.20. The SMILES string of the molecule is COc1cc(C(=O)OCc2cccc(O)c2)ccc1N. The van der Waals surface area contributed by atoms with Gasteiger partial charge in [0, 0.05) is 0 Å². The van der Waals surface area contributed by atoms with Crippen LogP contribution < -0.4 is 10.5 Å². The van der Waals surface area contributed by atoms with Gasteiger partial charge in [-0.3, -0.25) is 0 Å². The van der Waals surface area contributed by atoms with E-state index >= 15 is 0 Å². The Bertz CT molecular complexity index is 625. The summed E-state index contributed by atoms with van der Waals surface area (Å²) in [5.74, 6) is 0.0798. The number of anilines is 1. The molecule has 104 valence electrons. The van der Waals surface area contributed by atoms with Crippen LogP contribution in [0.15, 0.2) is 42.5 Å². The number of phenolic OH excluding ortho intramolecular Hbond substituents is 1. The van der Waals surface area contributed by atoms with Crippen LogP contribution in [0, 0.1) is 0 Å². The monoisotopic (exact) mass is 273 g/mol. The highest BCUT2D eigenvalue weighted by Gasteiger charge is 2.10. The Morgan fingerprint density at radius 2 is 2.05 bits per heavy atom. The quantitative estimate of drug-likeness (QED) is 0.660. The van der Waals surface area contributed by atoms with E-state index in [1.54, 1.807) is 30.3 Å². The lowest BCUT2D eigenvalue weighted by atomic mass is 10.2. The first kappa shape index (κ1) is 13.7. The molecule has 0 saturated heterocycles. The second kappa shape index (κ2) is 5.97.